The van der Waals surface area contributed by atoms with Crippen LogP contribution in [0, 0.1) is 13.8 Å². The van der Waals surface area contributed by atoms with Gasteiger partial charge in [0.05, 0.1) is 0 Å². The fraction of sp³-hybridized carbons (Fsp3) is 0.250. The van der Waals surface area contributed by atoms with Crippen molar-refractivity contribution in [2.75, 3.05) is 0 Å². The van der Waals surface area contributed by atoms with Crippen molar-refractivity contribution in [2.24, 2.45) is 0 Å². The summed E-state index contributed by atoms with van der Waals surface area (Å²) < 4.78 is 0. The first kappa shape index (κ1) is 21.1. The van der Waals surface area contributed by atoms with Gasteiger partial charge in [-0.15, -0.1) is 39.7 Å². The number of hydrogen-bond donors (Lipinski definition) is 0. The maximum absolute atomic E-state index is 2.40. The Bertz CT molecular complexity index is 885. The molecule has 4 aromatic rings. The van der Waals surface area contributed by atoms with Crippen molar-refractivity contribution in [2.45, 2.75) is 39.8 Å². The van der Waals surface area contributed by atoms with E-state index >= 15 is 0 Å². The maximum Gasteiger partial charge on any atom is -0.0469 e. The van der Waals surface area contributed by atoms with Crippen molar-refractivity contribution in [1.29, 1.82) is 0 Å². The molecule has 0 atom stereocenters. The standard InChI is InChI=1S/C15H13.C5H5.C4H10Si.Hf/c1-10-3-5-14-12(7-10)9-13-8-11(2)4-6-15(13)14;1-2-4-5-3-1;1-4(2)5-3;/h3-9H,1-2H3;1-5H;4H,1-3H3;/q2*-1;;+2. The summed E-state index contributed by atoms with van der Waals surface area (Å²) in [6.45, 7) is 11.3. The van der Waals surface area contributed by atoms with Gasteiger partial charge in [0, 0.05) is 0 Å². The van der Waals surface area contributed by atoms with Gasteiger partial charge in [-0.1, -0.05) is 35.4 Å². The van der Waals surface area contributed by atoms with E-state index in [0.29, 0.717) is 0 Å². The van der Waals surface area contributed by atoms with Crippen molar-refractivity contribution in [3.05, 3.63) is 83.9 Å². The van der Waals surface area contributed by atoms with Gasteiger partial charge in [0.15, 0.2) is 0 Å². The minimum absolute atomic E-state index is 0.187. The van der Waals surface area contributed by atoms with Crippen molar-refractivity contribution in [3.63, 3.8) is 0 Å². The molecular formula is C24H28HfSi. The Morgan fingerprint density at radius 3 is 1.58 bits per heavy atom. The van der Waals surface area contributed by atoms with Crippen LogP contribution in [-0.4, -0.2) is 5.49 Å². The first-order chi connectivity index (χ1) is 12.4. The molecule has 0 saturated carbocycles. The largest absolute Gasteiger partial charge is 0.214 e. The molecule has 2 heteroatoms. The number of fused-ring (bicyclic) bond motifs is 3. The fourth-order valence-electron chi connectivity index (χ4n) is 2.58. The maximum atomic E-state index is 2.40. The van der Waals surface area contributed by atoms with E-state index in [9.17, 15) is 0 Å². The molecule has 0 amide bonds. The predicted octanol–water partition coefficient (Wildman–Crippen LogP) is 7.30. The molecule has 0 spiro atoms. The molecular weight excluding hydrogens is 495 g/mol. The summed E-state index contributed by atoms with van der Waals surface area (Å²) in [6.07, 6.45) is 0. The van der Waals surface area contributed by atoms with Crippen LogP contribution in [0.2, 0.25) is 12.1 Å². The van der Waals surface area contributed by atoms with Gasteiger partial charge >= 0.3 is 54.4 Å². The van der Waals surface area contributed by atoms with Crippen LogP contribution in [-0.2, 0) is 23.0 Å². The van der Waals surface area contributed by atoms with Crippen molar-refractivity contribution in [1.82, 2.24) is 0 Å². The Labute approximate surface area is 173 Å². The SMILES string of the molecule is CC(C)[Si](C)=[Hf+2].Cc1ccc2c(c1)[cH-]c1cc(C)ccc12.c1cc[cH-]c1. The zero-order valence-electron chi connectivity index (χ0n) is 16.5. The molecule has 0 bridgehead atoms. The number of hydrogen-bond acceptors (Lipinski definition) is 0. The van der Waals surface area contributed by atoms with Gasteiger partial charge in [-0.05, 0) is 13.8 Å². The second-order valence-electron chi connectivity index (χ2n) is 7.13. The Morgan fingerprint density at radius 2 is 1.27 bits per heavy atom. The molecule has 26 heavy (non-hydrogen) atoms. The summed E-state index contributed by atoms with van der Waals surface area (Å²) >= 11 is 1.46. The van der Waals surface area contributed by atoms with Crippen LogP contribution >= 0.6 is 0 Å². The van der Waals surface area contributed by atoms with E-state index in [1.807, 2.05) is 30.3 Å². The molecule has 0 heterocycles. The summed E-state index contributed by atoms with van der Waals surface area (Å²) in [5.74, 6) is 0. The first-order valence-electron chi connectivity index (χ1n) is 9.16. The van der Waals surface area contributed by atoms with Gasteiger partial charge in [0.1, 0.15) is 0 Å². The van der Waals surface area contributed by atoms with E-state index in [-0.39, 0.29) is 5.49 Å². The van der Waals surface area contributed by atoms with Gasteiger partial charge in [0.2, 0.25) is 0 Å². The average Bonchev–Trinajstić information content (AvgIpc) is 3.25. The Hall–Kier alpha value is -1.25. The Balaban J connectivity index is 0.000000183. The smallest absolute Gasteiger partial charge is 0.0469 e. The predicted molar refractivity (Wildman–Crippen MR) is 115 cm³/mol. The van der Waals surface area contributed by atoms with Gasteiger partial charge in [-0.2, -0.15) is 18.2 Å². The van der Waals surface area contributed by atoms with E-state index in [1.165, 1.54) is 55.7 Å². The molecule has 132 valence electrons. The molecule has 0 nitrogen and oxygen atoms in total. The molecule has 0 aliphatic heterocycles. The summed E-state index contributed by atoms with van der Waals surface area (Å²) in [7, 11) is 0. The summed E-state index contributed by atoms with van der Waals surface area (Å²) in [4.78, 5) is 0. The minimum Gasteiger partial charge on any atom is -0.214 e. The summed E-state index contributed by atoms with van der Waals surface area (Å²) in [5, 5.41) is 5.46. The molecule has 0 unspecified atom stereocenters. The van der Waals surface area contributed by atoms with Crippen LogP contribution in [0.4, 0.5) is 0 Å². The Kier molecular flexibility index (Phi) is 8.24. The Morgan fingerprint density at radius 1 is 0.846 bits per heavy atom. The van der Waals surface area contributed by atoms with Crippen LogP contribution in [0.25, 0.3) is 21.5 Å². The molecule has 4 rings (SSSR count). The number of rotatable bonds is 1. The third-order valence-corrected chi connectivity index (χ3v) is 12.4. The zero-order chi connectivity index (χ0) is 19.1. The first-order valence-corrected chi connectivity index (χ1v) is 16.6. The van der Waals surface area contributed by atoms with Crippen LogP contribution in [0.15, 0.2) is 72.8 Å². The van der Waals surface area contributed by atoms with Gasteiger partial charge in [0.25, 0.3) is 0 Å². The van der Waals surface area contributed by atoms with Crippen LogP contribution < -0.4 is 0 Å². The monoisotopic (exact) mass is 524 g/mol. The van der Waals surface area contributed by atoms with Crippen LogP contribution in [0.5, 0.6) is 0 Å². The average molecular weight is 523 g/mol. The van der Waals surface area contributed by atoms with Gasteiger partial charge < -0.3 is 0 Å². The van der Waals surface area contributed by atoms with Crippen LogP contribution in [0.3, 0.4) is 0 Å². The molecule has 0 fully saturated rings. The molecule has 0 saturated heterocycles. The van der Waals surface area contributed by atoms with E-state index in [4.69, 9.17) is 0 Å². The van der Waals surface area contributed by atoms with E-state index < -0.39 is 0 Å². The van der Waals surface area contributed by atoms with E-state index in [1.54, 1.807) is 0 Å². The summed E-state index contributed by atoms with van der Waals surface area (Å²) in [6, 6.07) is 25.6. The number of benzene rings is 2. The van der Waals surface area contributed by atoms with E-state index in [2.05, 4.69) is 76.7 Å². The fourth-order valence-corrected chi connectivity index (χ4v) is 2.58. The van der Waals surface area contributed by atoms with Gasteiger partial charge in [-0.3, -0.25) is 0 Å². The second-order valence-corrected chi connectivity index (χ2v) is 18.1. The normalized spacial score (nSPS) is 10.3. The summed E-state index contributed by atoms with van der Waals surface area (Å²) in [5.41, 5.74) is 3.86. The number of aryl methyl sites for hydroxylation is 2. The van der Waals surface area contributed by atoms with Gasteiger partial charge in [-0.25, -0.2) is 12.1 Å². The topological polar surface area (TPSA) is 0 Å². The molecule has 4 aromatic carbocycles. The van der Waals surface area contributed by atoms with Crippen LogP contribution in [0.1, 0.15) is 25.0 Å². The van der Waals surface area contributed by atoms with Crippen molar-refractivity contribution < 1.29 is 23.0 Å². The molecule has 0 aromatic heterocycles. The minimum atomic E-state index is 0.187. The molecule has 0 aliphatic rings. The third kappa shape index (κ3) is 6.17. The quantitative estimate of drug-likeness (QED) is 0.182. The molecule has 0 N–H and O–H groups in total. The second kappa shape index (κ2) is 10.2. The van der Waals surface area contributed by atoms with Crippen molar-refractivity contribution in [3.8, 4) is 0 Å². The third-order valence-electron chi connectivity index (χ3n) is 4.44. The van der Waals surface area contributed by atoms with Crippen molar-refractivity contribution >= 4 is 27.0 Å². The van der Waals surface area contributed by atoms with E-state index in [0.717, 1.165) is 5.54 Å². The molecule has 0 aliphatic carbocycles. The zero-order valence-corrected chi connectivity index (χ0v) is 21.1. The molecule has 0 radical (unpaired) electrons.